The van der Waals surface area contributed by atoms with Crippen LogP contribution in [0, 0.1) is 5.92 Å². The van der Waals surface area contributed by atoms with Crippen LogP contribution in [-0.2, 0) is 16.8 Å². The van der Waals surface area contributed by atoms with Crippen LogP contribution in [0.15, 0.2) is 30.3 Å². The topological polar surface area (TPSA) is 80.9 Å². The fraction of sp³-hybridized carbons (Fsp3) is 0.400. The third-order valence-electron chi connectivity index (χ3n) is 3.12. The van der Waals surface area contributed by atoms with Gasteiger partial charge >= 0.3 is 0 Å². The Balaban J connectivity index is 2.09. The van der Waals surface area contributed by atoms with Gasteiger partial charge in [-0.2, -0.15) is 0 Å². The largest absolute Gasteiger partial charge is 0.314 e. The molecule has 2 rings (SSSR count). The molecule has 6 heteroatoms. The number of nitrogens with two attached hydrogens (primary N) is 1. The molecule has 5 nitrogen and oxygen atoms in total. The zero-order chi connectivity index (χ0) is 15.5. The second-order valence-electron chi connectivity index (χ2n) is 5.62. The van der Waals surface area contributed by atoms with Gasteiger partial charge in [0, 0.05) is 6.42 Å². The van der Waals surface area contributed by atoms with Gasteiger partial charge in [0.1, 0.15) is 10.5 Å². The first-order chi connectivity index (χ1) is 9.89. The number of hydrogen-bond acceptors (Lipinski definition) is 5. The van der Waals surface area contributed by atoms with Crippen LogP contribution in [0.2, 0.25) is 0 Å². The van der Waals surface area contributed by atoms with Crippen LogP contribution in [-0.4, -0.2) is 16.1 Å². The fourth-order valence-corrected chi connectivity index (χ4v) is 2.83. The molecule has 0 aliphatic rings. The lowest BCUT2D eigenvalue weighted by molar-refractivity contribution is -0.120. The van der Waals surface area contributed by atoms with Gasteiger partial charge in [-0.15, -0.1) is 10.2 Å². The van der Waals surface area contributed by atoms with Crippen LogP contribution in [0.4, 0.5) is 5.13 Å². The van der Waals surface area contributed by atoms with Gasteiger partial charge in [-0.25, -0.2) is 0 Å². The summed E-state index contributed by atoms with van der Waals surface area (Å²) in [5.41, 5.74) is 5.81. The van der Waals surface area contributed by atoms with Crippen molar-refractivity contribution in [2.24, 2.45) is 11.7 Å². The minimum Gasteiger partial charge on any atom is -0.314 e. The van der Waals surface area contributed by atoms with Crippen LogP contribution in [0.25, 0.3) is 0 Å². The van der Waals surface area contributed by atoms with E-state index >= 15 is 0 Å². The van der Waals surface area contributed by atoms with E-state index < -0.39 is 5.54 Å². The Bertz CT molecular complexity index is 607. The van der Waals surface area contributed by atoms with Gasteiger partial charge in [0.05, 0.1) is 0 Å². The number of nitrogens with one attached hydrogen (secondary N) is 1. The maximum absolute atomic E-state index is 12.4. The molecule has 21 heavy (non-hydrogen) atoms. The molecule has 0 saturated carbocycles. The number of hydrogen-bond donors (Lipinski definition) is 2. The average molecular weight is 304 g/mol. The molecule has 0 saturated heterocycles. The summed E-state index contributed by atoms with van der Waals surface area (Å²) in [6.07, 6.45) is 0.853. The van der Waals surface area contributed by atoms with Gasteiger partial charge in [-0.05, 0) is 18.4 Å². The van der Waals surface area contributed by atoms with Gasteiger partial charge in [-0.3, -0.25) is 10.1 Å². The lowest BCUT2D eigenvalue weighted by Gasteiger charge is -2.23. The van der Waals surface area contributed by atoms with Crippen molar-refractivity contribution >= 4 is 22.4 Å². The molecule has 1 unspecified atom stereocenters. The quantitative estimate of drug-likeness (QED) is 0.889. The summed E-state index contributed by atoms with van der Waals surface area (Å²) in [6.45, 7) is 5.92. The minimum absolute atomic E-state index is 0.291. The van der Waals surface area contributed by atoms with Crippen molar-refractivity contribution in [2.75, 3.05) is 5.32 Å². The molecule has 1 atom stereocenters. The first-order valence-electron chi connectivity index (χ1n) is 6.88. The van der Waals surface area contributed by atoms with E-state index in [0.29, 0.717) is 11.0 Å². The molecule has 1 aromatic carbocycles. The maximum Gasteiger partial charge on any atom is 0.250 e. The molecule has 1 amide bonds. The third kappa shape index (κ3) is 3.86. The number of benzene rings is 1. The van der Waals surface area contributed by atoms with Gasteiger partial charge in [-0.1, -0.05) is 55.5 Å². The molecule has 0 aliphatic carbocycles. The van der Waals surface area contributed by atoms with E-state index in [9.17, 15) is 4.79 Å². The van der Waals surface area contributed by atoms with Crippen LogP contribution < -0.4 is 11.1 Å². The van der Waals surface area contributed by atoms with E-state index in [2.05, 4.69) is 29.4 Å². The maximum atomic E-state index is 12.4. The molecule has 0 fully saturated rings. The fourth-order valence-electron chi connectivity index (χ4n) is 1.88. The van der Waals surface area contributed by atoms with E-state index in [1.54, 1.807) is 6.92 Å². The van der Waals surface area contributed by atoms with Gasteiger partial charge in [0.25, 0.3) is 5.91 Å². The summed E-state index contributed by atoms with van der Waals surface area (Å²) in [4.78, 5) is 12.4. The standard InChI is InChI=1S/C15H20N4OS/c1-10(2)9-12-18-19-14(21-12)17-13(20)15(3,16)11-7-5-4-6-8-11/h4-8,10H,9,16H2,1-3H3,(H,17,19,20). The highest BCUT2D eigenvalue weighted by Crippen LogP contribution is 2.22. The van der Waals surface area contributed by atoms with Crippen molar-refractivity contribution in [1.82, 2.24) is 10.2 Å². The number of nitrogens with zero attached hydrogens (tertiary/aromatic N) is 2. The molecular formula is C15H20N4OS. The summed E-state index contributed by atoms with van der Waals surface area (Å²) < 4.78 is 0. The summed E-state index contributed by atoms with van der Waals surface area (Å²) in [5.74, 6) is 0.214. The zero-order valence-corrected chi connectivity index (χ0v) is 13.3. The highest BCUT2D eigenvalue weighted by molar-refractivity contribution is 7.15. The summed E-state index contributed by atoms with van der Waals surface area (Å²) in [7, 11) is 0. The van der Waals surface area contributed by atoms with Crippen molar-refractivity contribution < 1.29 is 4.79 Å². The second-order valence-corrected chi connectivity index (χ2v) is 6.68. The van der Waals surface area contributed by atoms with Gasteiger partial charge in [0.2, 0.25) is 5.13 Å². The summed E-state index contributed by atoms with van der Waals surface area (Å²) in [5, 5.41) is 12.2. The van der Waals surface area contributed by atoms with E-state index in [-0.39, 0.29) is 5.91 Å². The van der Waals surface area contributed by atoms with E-state index in [1.165, 1.54) is 11.3 Å². The molecule has 0 radical (unpaired) electrons. The SMILES string of the molecule is CC(C)Cc1nnc(NC(=O)C(C)(N)c2ccccc2)s1. The minimum atomic E-state index is -1.11. The molecular weight excluding hydrogens is 284 g/mol. The van der Waals surface area contributed by atoms with Gasteiger partial charge in [0.15, 0.2) is 0 Å². The van der Waals surface area contributed by atoms with Crippen molar-refractivity contribution in [2.45, 2.75) is 32.7 Å². The summed E-state index contributed by atoms with van der Waals surface area (Å²) >= 11 is 1.39. The molecule has 3 N–H and O–H groups in total. The van der Waals surface area contributed by atoms with Crippen molar-refractivity contribution in [3.63, 3.8) is 0 Å². The third-order valence-corrected chi connectivity index (χ3v) is 3.98. The highest BCUT2D eigenvalue weighted by atomic mass is 32.1. The number of aromatic nitrogens is 2. The molecule has 0 spiro atoms. The molecule has 112 valence electrons. The predicted octanol–water partition coefficient (Wildman–Crippen LogP) is 2.55. The Morgan fingerprint density at radius 3 is 2.62 bits per heavy atom. The summed E-state index contributed by atoms with van der Waals surface area (Å²) in [6, 6.07) is 9.28. The Labute approximate surface area is 128 Å². The van der Waals surface area contributed by atoms with Crippen LogP contribution in [0.3, 0.4) is 0 Å². The van der Waals surface area contributed by atoms with Crippen LogP contribution >= 0.6 is 11.3 Å². The predicted molar refractivity (Wildman–Crippen MR) is 85.1 cm³/mol. The normalized spacial score (nSPS) is 14.0. The number of rotatable bonds is 5. The molecule has 1 aromatic heterocycles. The van der Waals surface area contributed by atoms with Crippen molar-refractivity contribution in [3.05, 3.63) is 40.9 Å². The monoisotopic (exact) mass is 304 g/mol. The van der Waals surface area contributed by atoms with E-state index in [0.717, 1.165) is 17.0 Å². The Hall–Kier alpha value is -1.79. The molecule has 2 aromatic rings. The number of carbonyl (C=O) groups excluding carboxylic acids is 1. The molecule has 1 heterocycles. The average Bonchev–Trinajstić information content (AvgIpc) is 2.86. The molecule has 0 aliphatic heterocycles. The van der Waals surface area contributed by atoms with E-state index in [4.69, 9.17) is 5.73 Å². The Morgan fingerprint density at radius 2 is 2.00 bits per heavy atom. The van der Waals surface area contributed by atoms with Gasteiger partial charge < -0.3 is 5.73 Å². The number of amides is 1. The first-order valence-corrected chi connectivity index (χ1v) is 7.69. The number of carbonyl (C=O) groups is 1. The van der Waals surface area contributed by atoms with Crippen LogP contribution in [0.5, 0.6) is 0 Å². The smallest absolute Gasteiger partial charge is 0.250 e. The molecule has 0 bridgehead atoms. The van der Waals surface area contributed by atoms with E-state index in [1.807, 2.05) is 30.3 Å². The second kappa shape index (κ2) is 6.32. The first kappa shape index (κ1) is 15.6. The lowest BCUT2D eigenvalue weighted by atomic mass is 9.92. The highest BCUT2D eigenvalue weighted by Gasteiger charge is 2.31. The lowest BCUT2D eigenvalue weighted by Crippen LogP contribution is -2.45. The zero-order valence-electron chi connectivity index (χ0n) is 12.5. The number of anilines is 1. The van der Waals surface area contributed by atoms with Crippen molar-refractivity contribution in [1.29, 1.82) is 0 Å². The Morgan fingerprint density at radius 1 is 1.33 bits per heavy atom. The van der Waals surface area contributed by atoms with Crippen molar-refractivity contribution in [3.8, 4) is 0 Å². The van der Waals surface area contributed by atoms with Crippen LogP contribution in [0.1, 0.15) is 31.3 Å². The Kier molecular flexibility index (Phi) is 4.69.